The van der Waals surface area contributed by atoms with E-state index in [2.05, 4.69) is 25.6 Å². The highest BCUT2D eigenvalue weighted by atomic mass is 16.5. The highest BCUT2D eigenvalue weighted by Gasteiger charge is 2.65. The molecular weight excluding hydrogens is 410 g/mol. The van der Waals surface area contributed by atoms with Crippen molar-refractivity contribution in [1.29, 1.82) is 0 Å². The van der Waals surface area contributed by atoms with Crippen molar-refractivity contribution in [3.05, 3.63) is 70.3 Å². The van der Waals surface area contributed by atoms with Crippen LogP contribution in [0.4, 0.5) is 0 Å². The first kappa shape index (κ1) is 21.3. The summed E-state index contributed by atoms with van der Waals surface area (Å²) >= 11 is 0. The van der Waals surface area contributed by atoms with Crippen LogP contribution >= 0.6 is 0 Å². The summed E-state index contributed by atoms with van der Waals surface area (Å²) in [5.74, 6) is 1.83. The van der Waals surface area contributed by atoms with Gasteiger partial charge in [0, 0.05) is 23.3 Å². The summed E-state index contributed by atoms with van der Waals surface area (Å²) in [5, 5.41) is 0. The van der Waals surface area contributed by atoms with Gasteiger partial charge in [0.1, 0.15) is 0 Å². The van der Waals surface area contributed by atoms with Crippen molar-refractivity contribution in [2.24, 2.45) is 17.3 Å². The summed E-state index contributed by atoms with van der Waals surface area (Å²) < 4.78 is 6.61. The Kier molecular flexibility index (Phi) is 4.75. The van der Waals surface area contributed by atoms with Crippen LogP contribution < -0.4 is 0 Å². The van der Waals surface area contributed by atoms with Gasteiger partial charge in [0.2, 0.25) is 0 Å². The highest BCUT2D eigenvalue weighted by Crippen LogP contribution is 2.70. The van der Waals surface area contributed by atoms with Crippen molar-refractivity contribution in [2.45, 2.75) is 76.7 Å². The fraction of sp³-hybridized carbons (Fsp3) is 0.533. The van der Waals surface area contributed by atoms with Crippen molar-refractivity contribution in [3.63, 3.8) is 0 Å². The minimum atomic E-state index is -0.190. The second-order valence-electron chi connectivity index (χ2n) is 11.2. The Labute approximate surface area is 197 Å². The molecule has 33 heavy (non-hydrogen) atoms. The van der Waals surface area contributed by atoms with E-state index in [1.54, 1.807) is 12.5 Å². The van der Waals surface area contributed by atoms with Crippen molar-refractivity contribution in [2.75, 3.05) is 6.61 Å². The van der Waals surface area contributed by atoms with Gasteiger partial charge >= 0.3 is 0 Å². The maximum Gasteiger partial charge on any atom is 0.159 e. The molecule has 1 heterocycles. The standard InChI is InChI=1S/C30H34O3/c1-18-13-15-33-30(18)14-12-27-25-10-8-22-16-23(32)9-11-24(22)28(25)26(17-29(27,30)3)21-6-4-20(5-7-21)19(2)31/h4-7,16,25-27H,1,8-15,17H2,2-3H3/t25-,26+,27-,29-,30-/m0/s1/i1+2. The number of fused-ring (bicyclic) bond motifs is 5. The molecule has 172 valence electrons. The van der Waals surface area contributed by atoms with E-state index in [0.717, 1.165) is 50.7 Å². The van der Waals surface area contributed by atoms with Crippen LogP contribution in [-0.4, -0.2) is 23.8 Å². The van der Waals surface area contributed by atoms with Gasteiger partial charge in [0.25, 0.3) is 0 Å². The zero-order valence-electron chi connectivity index (χ0n) is 19.9. The van der Waals surface area contributed by atoms with E-state index in [-0.39, 0.29) is 22.6 Å². The topological polar surface area (TPSA) is 43.4 Å². The Morgan fingerprint density at radius 2 is 1.88 bits per heavy atom. The molecule has 1 aliphatic heterocycles. The van der Waals surface area contributed by atoms with Crippen LogP contribution in [0.2, 0.25) is 0 Å². The number of ether oxygens (including phenoxy) is 1. The van der Waals surface area contributed by atoms with Crippen molar-refractivity contribution < 1.29 is 14.3 Å². The molecule has 0 bridgehead atoms. The Morgan fingerprint density at radius 1 is 1.09 bits per heavy atom. The number of benzene rings is 1. The normalized spacial score (nSPS) is 37.6. The third kappa shape index (κ3) is 2.91. The fourth-order valence-electron chi connectivity index (χ4n) is 8.37. The molecule has 4 aliphatic carbocycles. The first-order valence-corrected chi connectivity index (χ1v) is 12.7. The van der Waals surface area contributed by atoms with Crippen LogP contribution in [0.1, 0.15) is 87.1 Å². The lowest BCUT2D eigenvalue weighted by molar-refractivity contribution is -0.114. The number of Topliss-reactive ketones (excluding diaryl/α,β-unsaturated/α-hetero) is 1. The molecule has 1 saturated heterocycles. The third-order valence-corrected chi connectivity index (χ3v) is 9.90. The van der Waals surface area contributed by atoms with Crippen LogP contribution in [0.5, 0.6) is 0 Å². The minimum Gasteiger partial charge on any atom is -0.370 e. The second-order valence-corrected chi connectivity index (χ2v) is 11.2. The number of hydrogen-bond acceptors (Lipinski definition) is 3. The molecule has 3 heteroatoms. The molecule has 3 fully saturated rings. The summed E-state index contributed by atoms with van der Waals surface area (Å²) in [6, 6.07) is 8.33. The molecule has 0 N–H and O–H groups in total. The van der Waals surface area contributed by atoms with Crippen LogP contribution in [0, 0.1) is 17.3 Å². The van der Waals surface area contributed by atoms with Crippen LogP contribution in [0.3, 0.4) is 0 Å². The maximum absolute atomic E-state index is 12.2. The summed E-state index contributed by atoms with van der Waals surface area (Å²) in [7, 11) is 0. The largest absolute Gasteiger partial charge is 0.370 e. The fourth-order valence-corrected chi connectivity index (χ4v) is 8.37. The van der Waals surface area contributed by atoms with Gasteiger partial charge < -0.3 is 4.74 Å². The molecule has 0 radical (unpaired) electrons. The zero-order valence-corrected chi connectivity index (χ0v) is 19.9. The van der Waals surface area contributed by atoms with E-state index in [9.17, 15) is 9.59 Å². The van der Waals surface area contributed by atoms with Crippen molar-refractivity contribution >= 4 is 11.6 Å². The number of rotatable bonds is 2. The average Bonchev–Trinajstić information content (AvgIpc) is 3.33. The SMILES string of the molecule is CC(=O)c1ccc([C@H]2C[C@@]3(C)[C@@H](CC[C@@]34OCCC4=[14CH2])[C@@H]3CCC4=CC(=O)CCC4=C32)cc1. The predicted molar refractivity (Wildman–Crippen MR) is 129 cm³/mol. The molecule has 1 aromatic carbocycles. The van der Waals surface area contributed by atoms with Gasteiger partial charge in [-0.1, -0.05) is 43.3 Å². The number of ketones is 2. The molecule has 5 aliphatic rings. The summed E-state index contributed by atoms with van der Waals surface area (Å²) in [5.41, 5.74) is 7.60. The van der Waals surface area contributed by atoms with Gasteiger partial charge in [-0.25, -0.2) is 0 Å². The van der Waals surface area contributed by atoms with E-state index in [4.69, 9.17) is 4.74 Å². The summed E-state index contributed by atoms with van der Waals surface area (Å²) in [6.07, 6.45) is 9.92. The zero-order chi connectivity index (χ0) is 23.0. The van der Waals surface area contributed by atoms with E-state index in [1.165, 1.54) is 28.7 Å². The van der Waals surface area contributed by atoms with Gasteiger partial charge in [-0.3, -0.25) is 9.59 Å². The number of hydrogen-bond donors (Lipinski definition) is 0. The number of carbonyl (C=O) groups is 2. The van der Waals surface area contributed by atoms with E-state index in [0.29, 0.717) is 24.2 Å². The lowest BCUT2D eigenvalue weighted by Gasteiger charge is -2.55. The summed E-state index contributed by atoms with van der Waals surface area (Å²) in [6.45, 7) is 9.42. The van der Waals surface area contributed by atoms with Crippen molar-refractivity contribution in [1.82, 2.24) is 0 Å². The molecule has 0 aromatic heterocycles. The Balaban J connectivity index is 1.52. The third-order valence-electron chi connectivity index (χ3n) is 9.90. The molecule has 3 nitrogen and oxygen atoms in total. The summed E-state index contributed by atoms with van der Waals surface area (Å²) in [4.78, 5) is 24.1. The molecule has 5 atom stereocenters. The first-order valence-electron chi connectivity index (χ1n) is 12.7. The van der Waals surface area contributed by atoms with E-state index < -0.39 is 0 Å². The average molecular weight is 445 g/mol. The molecule has 1 aromatic rings. The Bertz CT molecular complexity index is 1120. The van der Waals surface area contributed by atoms with Crippen LogP contribution in [0.25, 0.3) is 0 Å². The predicted octanol–water partition coefficient (Wildman–Crippen LogP) is 6.50. The Hall–Kier alpha value is -2.26. The maximum atomic E-state index is 12.2. The second kappa shape index (κ2) is 7.37. The van der Waals surface area contributed by atoms with Gasteiger partial charge in [-0.15, -0.1) is 0 Å². The Morgan fingerprint density at radius 3 is 2.58 bits per heavy atom. The quantitative estimate of drug-likeness (QED) is 0.386. The van der Waals surface area contributed by atoms with E-state index >= 15 is 0 Å². The van der Waals surface area contributed by atoms with E-state index in [1.807, 2.05) is 18.2 Å². The van der Waals surface area contributed by atoms with Gasteiger partial charge in [0.15, 0.2) is 11.6 Å². The number of allylic oxidation sites excluding steroid dienone is 4. The van der Waals surface area contributed by atoms with Crippen molar-refractivity contribution in [3.8, 4) is 0 Å². The van der Waals surface area contributed by atoms with Gasteiger partial charge in [-0.05, 0) is 92.1 Å². The molecular formula is C30H34O3. The molecule has 2 saturated carbocycles. The lowest BCUT2D eigenvalue weighted by Crippen LogP contribution is -2.52. The number of carbonyl (C=O) groups excluding carboxylic acids is 2. The molecule has 0 amide bonds. The minimum absolute atomic E-state index is 0.0604. The first-order chi connectivity index (χ1) is 15.8. The van der Waals surface area contributed by atoms with Crippen LogP contribution in [0.15, 0.2) is 59.2 Å². The molecule has 1 spiro atoms. The van der Waals surface area contributed by atoms with Gasteiger partial charge in [0.05, 0.1) is 12.2 Å². The molecule has 6 rings (SSSR count). The monoisotopic (exact) mass is 444 g/mol. The highest BCUT2D eigenvalue weighted by molar-refractivity contribution is 5.94. The van der Waals surface area contributed by atoms with Gasteiger partial charge in [-0.2, -0.15) is 0 Å². The van der Waals surface area contributed by atoms with Crippen LogP contribution in [-0.2, 0) is 9.53 Å². The smallest absolute Gasteiger partial charge is 0.159 e. The molecule has 0 unspecified atom stereocenters. The lowest BCUT2D eigenvalue weighted by atomic mass is 9.50.